The Morgan fingerprint density at radius 3 is 2.36 bits per heavy atom. The predicted octanol–water partition coefficient (Wildman–Crippen LogP) is 5.97. The average molecular weight is 507 g/mol. The van der Waals surface area contributed by atoms with Crippen LogP contribution in [-0.2, 0) is 22.6 Å². The zero-order chi connectivity index (χ0) is 25.8. The summed E-state index contributed by atoms with van der Waals surface area (Å²) in [4.78, 5) is 28.6. The molecule has 0 heterocycles. The number of benzene rings is 3. The maximum atomic E-state index is 13.6. The Morgan fingerprint density at radius 2 is 1.67 bits per heavy atom. The Bertz CT molecular complexity index is 1100. The first-order valence-corrected chi connectivity index (χ1v) is 12.9. The van der Waals surface area contributed by atoms with Crippen LogP contribution >= 0.6 is 11.6 Å². The highest BCUT2D eigenvalue weighted by Crippen LogP contribution is 2.21. The summed E-state index contributed by atoms with van der Waals surface area (Å²) in [5.74, 6) is 0.522. The molecule has 0 saturated carbocycles. The third-order valence-corrected chi connectivity index (χ3v) is 6.31. The third kappa shape index (κ3) is 8.42. The van der Waals surface area contributed by atoms with Gasteiger partial charge in [-0.15, -0.1) is 0 Å². The fourth-order valence-corrected chi connectivity index (χ4v) is 4.12. The van der Waals surface area contributed by atoms with Gasteiger partial charge >= 0.3 is 0 Å². The fraction of sp³-hybridized carbons (Fsp3) is 0.333. The van der Waals surface area contributed by atoms with Gasteiger partial charge in [-0.3, -0.25) is 9.59 Å². The van der Waals surface area contributed by atoms with Gasteiger partial charge in [-0.1, -0.05) is 84.8 Å². The van der Waals surface area contributed by atoms with E-state index in [0.717, 1.165) is 23.3 Å². The molecule has 3 rings (SSSR count). The van der Waals surface area contributed by atoms with Gasteiger partial charge in [0, 0.05) is 31.0 Å². The lowest BCUT2D eigenvalue weighted by Crippen LogP contribution is -2.50. The fourth-order valence-electron chi connectivity index (χ4n) is 3.92. The highest BCUT2D eigenvalue weighted by molar-refractivity contribution is 6.31. The highest BCUT2D eigenvalue weighted by Gasteiger charge is 2.30. The van der Waals surface area contributed by atoms with Gasteiger partial charge in [-0.05, 0) is 49.1 Å². The summed E-state index contributed by atoms with van der Waals surface area (Å²) in [6.07, 6.45) is 2.05. The maximum absolute atomic E-state index is 13.6. The van der Waals surface area contributed by atoms with E-state index < -0.39 is 6.04 Å². The van der Waals surface area contributed by atoms with Crippen molar-refractivity contribution in [1.82, 2.24) is 10.2 Å². The molecule has 0 bridgehead atoms. The molecule has 0 saturated heterocycles. The molecule has 190 valence electrons. The Hall–Kier alpha value is -3.31. The number of aryl methyl sites for hydroxylation is 1. The second-order valence-corrected chi connectivity index (χ2v) is 9.28. The lowest BCUT2D eigenvalue weighted by atomic mass is 10.0. The van der Waals surface area contributed by atoms with Crippen molar-refractivity contribution in [3.8, 4) is 5.75 Å². The van der Waals surface area contributed by atoms with E-state index in [-0.39, 0.29) is 24.8 Å². The van der Waals surface area contributed by atoms with Gasteiger partial charge in [0.25, 0.3) is 0 Å². The average Bonchev–Trinajstić information content (AvgIpc) is 2.89. The van der Waals surface area contributed by atoms with Crippen molar-refractivity contribution in [2.45, 2.75) is 52.1 Å². The predicted molar refractivity (Wildman–Crippen MR) is 145 cm³/mol. The zero-order valence-electron chi connectivity index (χ0n) is 21.1. The lowest BCUT2D eigenvalue weighted by molar-refractivity contribution is -0.141. The smallest absolute Gasteiger partial charge is 0.243 e. The van der Waals surface area contributed by atoms with Crippen LogP contribution in [-0.4, -0.2) is 35.9 Å². The highest BCUT2D eigenvalue weighted by atomic mass is 35.5. The van der Waals surface area contributed by atoms with Crippen molar-refractivity contribution in [2.24, 2.45) is 0 Å². The first-order chi connectivity index (χ1) is 17.5. The second-order valence-electron chi connectivity index (χ2n) is 8.87. The molecule has 3 aromatic rings. The summed E-state index contributed by atoms with van der Waals surface area (Å²) in [6.45, 7) is 5.27. The number of amides is 2. The normalized spacial score (nSPS) is 11.5. The molecule has 3 aromatic carbocycles. The number of carbonyl (C=O) groups is 2. The van der Waals surface area contributed by atoms with E-state index in [2.05, 4.69) is 5.32 Å². The van der Waals surface area contributed by atoms with E-state index in [9.17, 15) is 9.59 Å². The third-order valence-electron chi connectivity index (χ3n) is 5.94. The standard InChI is InChI=1S/C30H35ClN2O3/c1-3-19-32-30(35)28(21-24-10-5-4-6-11-24)33(22-25-12-7-8-13-27(25)31)29(34)14-9-20-36-26-17-15-23(2)16-18-26/h4-8,10-13,15-18,28H,3,9,14,19-22H2,1-2H3,(H,32,35). The Kier molecular flexibility index (Phi) is 10.8. The molecule has 0 radical (unpaired) electrons. The van der Waals surface area contributed by atoms with Gasteiger partial charge in [0.1, 0.15) is 11.8 Å². The van der Waals surface area contributed by atoms with Gasteiger partial charge < -0.3 is 15.0 Å². The van der Waals surface area contributed by atoms with Crippen molar-refractivity contribution in [1.29, 1.82) is 0 Å². The van der Waals surface area contributed by atoms with E-state index in [1.54, 1.807) is 11.0 Å². The number of halogens is 1. The summed E-state index contributed by atoms with van der Waals surface area (Å²) in [6, 6.07) is 24.4. The molecule has 6 heteroatoms. The summed E-state index contributed by atoms with van der Waals surface area (Å²) < 4.78 is 5.81. The molecule has 0 aliphatic carbocycles. The number of nitrogens with zero attached hydrogens (tertiary/aromatic N) is 1. The SMILES string of the molecule is CCCNC(=O)C(Cc1ccccc1)N(Cc1ccccc1Cl)C(=O)CCCOc1ccc(C)cc1. The van der Waals surface area contributed by atoms with E-state index in [4.69, 9.17) is 16.3 Å². The molecule has 0 aliphatic rings. The van der Waals surface area contributed by atoms with Crippen LogP contribution < -0.4 is 10.1 Å². The Labute approximate surface area is 219 Å². The minimum atomic E-state index is -0.652. The van der Waals surface area contributed by atoms with Crippen LogP contribution in [0.3, 0.4) is 0 Å². The maximum Gasteiger partial charge on any atom is 0.243 e. The molecule has 2 amide bonds. The number of hydrogen-bond donors (Lipinski definition) is 1. The summed E-state index contributed by atoms with van der Waals surface area (Å²) in [7, 11) is 0. The van der Waals surface area contributed by atoms with Gasteiger partial charge in [0.15, 0.2) is 0 Å². The Morgan fingerprint density at radius 1 is 0.972 bits per heavy atom. The lowest BCUT2D eigenvalue weighted by Gasteiger charge is -2.32. The van der Waals surface area contributed by atoms with Crippen LogP contribution in [0.2, 0.25) is 5.02 Å². The number of nitrogens with one attached hydrogen (secondary N) is 1. The first kappa shape index (κ1) is 27.3. The molecule has 36 heavy (non-hydrogen) atoms. The van der Waals surface area contributed by atoms with E-state index >= 15 is 0 Å². The monoisotopic (exact) mass is 506 g/mol. The van der Waals surface area contributed by atoms with Crippen LogP contribution in [0.1, 0.15) is 42.9 Å². The molecular formula is C30H35ClN2O3. The van der Waals surface area contributed by atoms with Crippen molar-refractivity contribution in [3.63, 3.8) is 0 Å². The molecule has 0 spiro atoms. The van der Waals surface area contributed by atoms with E-state index in [1.807, 2.05) is 86.6 Å². The van der Waals surface area contributed by atoms with Crippen LogP contribution in [0.5, 0.6) is 5.75 Å². The molecule has 1 atom stereocenters. The Balaban J connectivity index is 1.78. The summed E-state index contributed by atoms with van der Waals surface area (Å²) in [5, 5.41) is 3.57. The van der Waals surface area contributed by atoms with Gasteiger partial charge in [0.2, 0.25) is 11.8 Å². The molecule has 0 aromatic heterocycles. The van der Waals surface area contributed by atoms with Crippen molar-refractivity contribution < 1.29 is 14.3 Å². The van der Waals surface area contributed by atoms with Gasteiger partial charge in [-0.25, -0.2) is 0 Å². The van der Waals surface area contributed by atoms with Crippen molar-refractivity contribution >= 4 is 23.4 Å². The molecule has 1 N–H and O–H groups in total. The van der Waals surface area contributed by atoms with Crippen LogP contribution in [0, 0.1) is 6.92 Å². The zero-order valence-corrected chi connectivity index (χ0v) is 21.8. The van der Waals surface area contributed by atoms with E-state index in [0.29, 0.717) is 31.0 Å². The molecular weight excluding hydrogens is 472 g/mol. The number of hydrogen-bond acceptors (Lipinski definition) is 3. The number of rotatable bonds is 13. The molecule has 0 aliphatic heterocycles. The van der Waals surface area contributed by atoms with Crippen LogP contribution in [0.15, 0.2) is 78.9 Å². The first-order valence-electron chi connectivity index (χ1n) is 12.5. The van der Waals surface area contributed by atoms with Crippen LogP contribution in [0.25, 0.3) is 0 Å². The number of carbonyl (C=O) groups excluding carboxylic acids is 2. The minimum absolute atomic E-state index is 0.102. The van der Waals surface area contributed by atoms with Crippen molar-refractivity contribution in [2.75, 3.05) is 13.2 Å². The topological polar surface area (TPSA) is 58.6 Å². The van der Waals surface area contributed by atoms with Gasteiger partial charge in [0.05, 0.1) is 6.61 Å². The summed E-state index contributed by atoms with van der Waals surface area (Å²) in [5.41, 5.74) is 2.97. The van der Waals surface area contributed by atoms with E-state index in [1.165, 1.54) is 5.56 Å². The quantitative estimate of drug-likeness (QED) is 0.290. The summed E-state index contributed by atoms with van der Waals surface area (Å²) >= 11 is 6.45. The second kappa shape index (κ2) is 14.3. The van der Waals surface area contributed by atoms with Crippen LogP contribution in [0.4, 0.5) is 0 Å². The molecule has 0 fully saturated rings. The van der Waals surface area contributed by atoms with Crippen molar-refractivity contribution in [3.05, 3.63) is 101 Å². The molecule has 1 unspecified atom stereocenters. The number of ether oxygens (including phenoxy) is 1. The van der Waals surface area contributed by atoms with Gasteiger partial charge in [-0.2, -0.15) is 0 Å². The molecule has 5 nitrogen and oxygen atoms in total. The largest absolute Gasteiger partial charge is 0.494 e. The minimum Gasteiger partial charge on any atom is -0.494 e.